The van der Waals surface area contributed by atoms with Crippen molar-refractivity contribution in [3.63, 3.8) is 0 Å². The molecule has 2 heterocycles. The third-order valence-electron chi connectivity index (χ3n) is 3.51. The SMILES string of the molecule is O=c1[nH]c2ccccc2nc1CSc1nnc(-c2ccccc2Br)o1. The first-order valence-electron chi connectivity index (χ1n) is 7.40. The predicted molar refractivity (Wildman–Crippen MR) is 99.4 cm³/mol. The molecule has 0 bridgehead atoms. The molecule has 0 aliphatic carbocycles. The van der Waals surface area contributed by atoms with Crippen molar-refractivity contribution in [3.8, 4) is 11.5 Å². The summed E-state index contributed by atoms with van der Waals surface area (Å²) in [4.78, 5) is 19.4. The fraction of sp³-hybridized carbons (Fsp3) is 0.0588. The molecule has 2 aromatic carbocycles. The summed E-state index contributed by atoms with van der Waals surface area (Å²) in [5, 5.41) is 8.47. The summed E-state index contributed by atoms with van der Waals surface area (Å²) in [6, 6.07) is 15.0. The number of nitrogens with one attached hydrogen (secondary N) is 1. The molecule has 6 nitrogen and oxygen atoms in total. The van der Waals surface area contributed by atoms with Crippen molar-refractivity contribution in [3.05, 3.63) is 69.1 Å². The molecule has 0 atom stereocenters. The van der Waals surface area contributed by atoms with Gasteiger partial charge in [0.2, 0.25) is 5.89 Å². The number of halogens is 1. The van der Waals surface area contributed by atoms with Gasteiger partial charge >= 0.3 is 0 Å². The highest BCUT2D eigenvalue weighted by molar-refractivity contribution is 9.10. The van der Waals surface area contributed by atoms with Crippen molar-refractivity contribution in [2.45, 2.75) is 11.0 Å². The number of H-pyrrole nitrogens is 1. The maximum Gasteiger partial charge on any atom is 0.277 e. The largest absolute Gasteiger partial charge is 0.411 e. The van der Waals surface area contributed by atoms with Gasteiger partial charge in [-0.15, -0.1) is 10.2 Å². The van der Waals surface area contributed by atoms with Gasteiger partial charge in [-0.25, -0.2) is 4.98 Å². The molecule has 4 aromatic rings. The molecule has 4 rings (SSSR count). The number of aromatic nitrogens is 4. The highest BCUT2D eigenvalue weighted by atomic mass is 79.9. The molecule has 0 fully saturated rings. The molecular formula is C17H11BrN4O2S. The monoisotopic (exact) mass is 414 g/mol. The molecule has 0 spiro atoms. The van der Waals surface area contributed by atoms with Crippen LogP contribution in [-0.2, 0) is 5.75 Å². The summed E-state index contributed by atoms with van der Waals surface area (Å²) < 4.78 is 6.55. The third-order valence-corrected chi connectivity index (χ3v) is 5.03. The second-order valence-electron chi connectivity index (χ2n) is 5.17. The van der Waals surface area contributed by atoms with Crippen molar-refractivity contribution in [2.75, 3.05) is 0 Å². The Hall–Kier alpha value is -2.45. The molecule has 2 aromatic heterocycles. The van der Waals surface area contributed by atoms with Crippen LogP contribution in [0.25, 0.3) is 22.5 Å². The van der Waals surface area contributed by atoms with Crippen LogP contribution < -0.4 is 5.56 Å². The summed E-state index contributed by atoms with van der Waals surface area (Å²) in [5.74, 6) is 0.771. The molecular weight excluding hydrogens is 404 g/mol. The van der Waals surface area contributed by atoms with Crippen LogP contribution in [0.1, 0.15) is 5.69 Å². The Kier molecular flexibility index (Phi) is 4.37. The van der Waals surface area contributed by atoms with Crippen LogP contribution in [0.5, 0.6) is 0 Å². The molecule has 124 valence electrons. The highest BCUT2D eigenvalue weighted by Crippen LogP contribution is 2.29. The molecule has 0 saturated carbocycles. The van der Waals surface area contributed by atoms with Crippen molar-refractivity contribution in [1.29, 1.82) is 0 Å². The van der Waals surface area contributed by atoms with E-state index in [0.717, 1.165) is 21.1 Å². The van der Waals surface area contributed by atoms with E-state index >= 15 is 0 Å². The number of hydrogen-bond donors (Lipinski definition) is 1. The van der Waals surface area contributed by atoms with Crippen molar-refractivity contribution < 1.29 is 4.42 Å². The van der Waals surface area contributed by atoms with Gasteiger partial charge in [-0.2, -0.15) is 0 Å². The van der Waals surface area contributed by atoms with Crippen LogP contribution >= 0.6 is 27.7 Å². The van der Waals surface area contributed by atoms with Gasteiger partial charge in [0.15, 0.2) is 0 Å². The fourth-order valence-corrected chi connectivity index (χ4v) is 3.45. The Labute approximate surface area is 154 Å². The minimum atomic E-state index is -0.211. The van der Waals surface area contributed by atoms with Gasteiger partial charge in [0.25, 0.3) is 10.8 Å². The first-order chi connectivity index (χ1) is 12.2. The summed E-state index contributed by atoms with van der Waals surface area (Å²) in [7, 11) is 0. The van der Waals surface area contributed by atoms with Gasteiger partial charge in [-0.3, -0.25) is 4.79 Å². The number of aromatic amines is 1. The Balaban J connectivity index is 1.55. The average Bonchev–Trinajstić information content (AvgIpc) is 3.09. The van der Waals surface area contributed by atoms with Crippen LogP contribution in [0.4, 0.5) is 0 Å². The lowest BCUT2D eigenvalue weighted by Crippen LogP contribution is -2.14. The molecule has 25 heavy (non-hydrogen) atoms. The number of rotatable bonds is 4. The Morgan fingerprint density at radius 2 is 1.88 bits per heavy atom. The van der Waals surface area contributed by atoms with Gasteiger partial charge in [-0.1, -0.05) is 36.0 Å². The number of fused-ring (bicyclic) bond motifs is 1. The van der Waals surface area contributed by atoms with Crippen LogP contribution in [0.15, 0.2) is 67.4 Å². The lowest BCUT2D eigenvalue weighted by atomic mass is 10.2. The van der Waals surface area contributed by atoms with E-state index in [1.807, 2.05) is 48.5 Å². The summed E-state index contributed by atoms with van der Waals surface area (Å²) in [6.45, 7) is 0. The molecule has 0 aliphatic heterocycles. The van der Waals surface area contributed by atoms with Crippen molar-refractivity contribution >= 4 is 38.7 Å². The Bertz CT molecular complexity index is 1110. The van der Waals surface area contributed by atoms with Gasteiger partial charge in [-0.05, 0) is 40.2 Å². The second kappa shape index (κ2) is 6.81. The zero-order chi connectivity index (χ0) is 17.2. The lowest BCUT2D eigenvalue weighted by Gasteiger charge is -2.00. The topological polar surface area (TPSA) is 84.7 Å². The van der Waals surface area contributed by atoms with Crippen LogP contribution in [0.2, 0.25) is 0 Å². The molecule has 1 N–H and O–H groups in total. The number of thioether (sulfide) groups is 1. The Morgan fingerprint density at radius 1 is 1.08 bits per heavy atom. The third kappa shape index (κ3) is 3.35. The molecule has 0 radical (unpaired) electrons. The smallest absolute Gasteiger partial charge is 0.277 e. The van der Waals surface area contributed by atoms with Gasteiger partial charge in [0.1, 0.15) is 5.69 Å². The van der Waals surface area contributed by atoms with Crippen LogP contribution in [-0.4, -0.2) is 20.2 Å². The minimum absolute atomic E-state index is 0.211. The van der Waals surface area contributed by atoms with Gasteiger partial charge in [0, 0.05) is 4.47 Å². The zero-order valence-electron chi connectivity index (χ0n) is 12.8. The van der Waals surface area contributed by atoms with E-state index in [0.29, 0.717) is 22.6 Å². The van der Waals surface area contributed by atoms with E-state index in [1.54, 1.807) is 0 Å². The molecule has 0 amide bonds. The normalized spacial score (nSPS) is 11.1. The van der Waals surface area contributed by atoms with E-state index in [9.17, 15) is 4.79 Å². The molecule has 8 heteroatoms. The van der Waals surface area contributed by atoms with Gasteiger partial charge < -0.3 is 9.40 Å². The average molecular weight is 415 g/mol. The van der Waals surface area contributed by atoms with E-state index < -0.39 is 0 Å². The van der Waals surface area contributed by atoms with Crippen LogP contribution in [0.3, 0.4) is 0 Å². The standard InChI is InChI=1S/C17H11BrN4O2S/c18-11-6-2-1-5-10(11)16-21-22-17(24-16)25-9-14-15(23)20-13-8-4-3-7-12(13)19-14/h1-8H,9H2,(H,20,23). The number of hydrogen-bond acceptors (Lipinski definition) is 6. The second-order valence-corrected chi connectivity index (χ2v) is 6.95. The first kappa shape index (κ1) is 16.0. The number of nitrogens with zero attached hydrogens (tertiary/aromatic N) is 3. The van der Waals surface area contributed by atoms with Crippen molar-refractivity contribution in [2.24, 2.45) is 0 Å². The molecule has 0 unspecified atom stereocenters. The summed E-state index contributed by atoms with van der Waals surface area (Å²) in [6.07, 6.45) is 0. The van der Waals surface area contributed by atoms with E-state index in [1.165, 1.54) is 11.8 Å². The van der Waals surface area contributed by atoms with Crippen LogP contribution in [0, 0.1) is 0 Å². The number of benzene rings is 2. The first-order valence-corrected chi connectivity index (χ1v) is 9.18. The molecule has 0 saturated heterocycles. The maximum absolute atomic E-state index is 12.1. The summed E-state index contributed by atoms with van der Waals surface area (Å²) >= 11 is 4.74. The van der Waals surface area contributed by atoms with E-state index in [2.05, 4.69) is 36.1 Å². The highest BCUT2D eigenvalue weighted by Gasteiger charge is 2.13. The lowest BCUT2D eigenvalue weighted by molar-refractivity contribution is 0.465. The maximum atomic E-state index is 12.1. The van der Waals surface area contributed by atoms with E-state index in [-0.39, 0.29) is 5.56 Å². The quantitative estimate of drug-likeness (QED) is 0.507. The summed E-state index contributed by atoms with van der Waals surface area (Å²) in [5.41, 5.74) is 2.50. The fourth-order valence-electron chi connectivity index (χ4n) is 2.31. The number of para-hydroxylation sites is 2. The predicted octanol–water partition coefficient (Wildman–Crippen LogP) is 4.03. The zero-order valence-corrected chi connectivity index (χ0v) is 15.2. The van der Waals surface area contributed by atoms with E-state index in [4.69, 9.17) is 4.42 Å². The van der Waals surface area contributed by atoms with Crippen molar-refractivity contribution in [1.82, 2.24) is 20.2 Å². The van der Waals surface area contributed by atoms with Gasteiger partial charge in [0.05, 0.1) is 22.3 Å². The Morgan fingerprint density at radius 3 is 2.76 bits per heavy atom. The molecule has 0 aliphatic rings. The minimum Gasteiger partial charge on any atom is -0.411 e.